The van der Waals surface area contributed by atoms with Crippen molar-refractivity contribution in [3.05, 3.63) is 65.2 Å². The van der Waals surface area contributed by atoms with Crippen LogP contribution in [-0.2, 0) is 13.0 Å². The lowest BCUT2D eigenvalue weighted by atomic mass is 9.99. The Morgan fingerprint density at radius 1 is 1.05 bits per heavy atom. The molecule has 1 heterocycles. The number of nitrogens with zero attached hydrogens (tertiary/aromatic N) is 1. The maximum Gasteiger partial charge on any atom is 0.162 e. The second-order valence-electron chi connectivity index (χ2n) is 5.26. The molecule has 1 aliphatic rings. The van der Waals surface area contributed by atoms with Gasteiger partial charge in [-0.3, -0.25) is 4.79 Å². The predicted molar refractivity (Wildman–Crippen MR) is 82.3 cm³/mol. The van der Waals surface area contributed by atoms with Gasteiger partial charge < -0.3 is 4.90 Å². The SMILES string of the molecule is CCC(=O)c1ccc(N2CCc3ccccc3C2)cc1. The highest BCUT2D eigenvalue weighted by Gasteiger charge is 2.16. The fourth-order valence-corrected chi connectivity index (χ4v) is 2.78. The molecule has 0 fully saturated rings. The molecule has 20 heavy (non-hydrogen) atoms. The van der Waals surface area contributed by atoms with E-state index < -0.39 is 0 Å². The molecule has 2 nitrogen and oxygen atoms in total. The van der Waals surface area contributed by atoms with Crippen molar-refractivity contribution in [2.75, 3.05) is 11.4 Å². The van der Waals surface area contributed by atoms with Crippen molar-refractivity contribution >= 4 is 11.5 Å². The number of anilines is 1. The molecule has 0 aromatic heterocycles. The van der Waals surface area contributed by atoms with Crippen LogP contribution in [0, 0.1) is 0 Å². The van der Waals surface area contributed by atoms with E-state index in [1.54, 1.807) is 0 Å². The summed E-state index contributed by atoms with van der Waals surface area (Å²) >= 11 is 0. The van der Waals surface area contributed by atoms with Gasteiger partial charge in [0.25, 0.3) is 0 Å². The van der Waals surface area contributed by atoms with Crippen LogP contribution in [0.15, 0.2) is 48.5 Å². The van der Waals surface area contributed by atoms with Crippen LogP contribution in [0.1, 0.15) is 34.8 Å². The van der Waals surface area contributed by atoms with E-state index in [-0.39, 0.29) is 5.78 Å². The normalized spacial score (nSPS) is 13.9. The van der Waals surface area contributed by atoms with E-state index in [0.29, 0.717) is 6.42 Å². The fraction of sp³-hybridized carbons (Fsp3) is 0.278. The van der Waals surface area contributed by atoms with Gasteiger partial charge in [-0.1, -0.05) is 31.2 Å². The largest absolute Gasteiger partial charge is 0.367 e. The highest BCUT2D eigenvalue weighted by molar-refractivity contribution is 5.96. The van der Waals surface area contributed by atoms with Crippen LogP contribution in [0.3, 0.4) is 0 Å². The van der Waals surface area contributed by atoms with Gasteiger partial charge in [-0.05, 0) is 41.8 Å². The number of carbonyl (C=O) groups excluding carboxylic acids is 1. The van der Waals surface area contributed by atoms with Gasteiger partial charge in [-0.15, -0.1) is 0 Å². The summed E-state index contributed by atoms with van der Waals surface area (Å²) in [6.45, 7) is 3.90. The van der Waals surface area contributed by atoms with Crippen molar-refractivity contribution in [3.63, 3.8) is 0 Å². The van der Waals surface area contributed by atoms with Gasteiger partial charge in [-0.25, -0.2) is 0 Å². The summed E-state index contributed by atoms with van der Waals surface area (Å²) in [6.07, 6.45) is 1.66. The molecule has 1 aliphatic heterocycles. The summed E-state index contributed by atoms with van der Waals surface area (Å²) in [5.74, 6) is 0.209. The molecule has 102 valence electrons. The summed E-state index contributed by atoms with van der Waals surface area (Å²) in [7, 11) is 0. The summed E-state index contributed by atoms with van der Waals surface area (Å²) in [5, 5.41) is 0. The Morgan fingerprint density at radius 3 is 2.45 bits per heavy atom. The molecule has 0 spiro atoms. The Hall–Kier alpha value is -2.09. The van der Waals surface area contributed by atoms with E-state index in [0.717, 1.165) is 25.1 Å². The van der Waals surface area contributed by atoms with Gasteiger partial charge >= 0.3 is 0 Å². The molecule has 3 rings (SSSR count). The third-order valence-corrected chi connectivity index (χ3v) is 4.01. The first-order valence-corrected chi connectivity index (χ1v) is 7.23. The highest BCUT2D eigenvalue weighted by atomic mass is 16.1. The molecule has 2 aromatic rings. The molecule has 0 unspecified atom stereocenters. The lowest BCUT2D eigenvalue weighted by molar-refractivity contribution is 0.0988. The number of Topliss-reactive ketones (excluding diaryl/α,β-unsaturated/α-hetero) is 1. The van der Waals surface area contributed by atoms with Crippen LogP contribution in [0.25, 0.3) is 0 Å². The van der Waals surface area contributed by atoms with E-state index in [4.69, 9.17) is 0 Å². The first kappa shape index (κ1) is 12.9. The van der Waals surface area contributed by atoms with Gasteiger partial charge in [-0.2, -0.15) is 0 Å². The molecular formula is C18H19NO. The van der Waals surface area contributed by atoms with E-state index in [1.807, 2.05) is 19.1 Å². The van der Waals surface area contributed by atoms with Crippen molar-refractivity contribution in [1.29, 1.82) is 0 Å². The zero-order chi connectivity index (χ0) is 13.9. The minimum atomic E-state index is 0.209. The predicted octanol–water partition coefficient (Wildman–Crippen LogP) is 3.84. The molecular weight excluding hydrogens is 246 g/mol. The topological polar surface area (TPSA) is 20.3 Å². The van der Waals surface area contributed by atoms with Gasteiger partial charge in [0.05, 0.1) is 0 Å². The first-order chi connectivity index (χ1) is 9.78. The van der Waals surface area contributed by atoms with Gasteiger partial charge in [0.15, 0.2) is 5.78 Å². The highest BCUT2D eigenvalue weighted by Crippen LogP contribution is 2.24. The average molecular weight is 265 g/mol. The molecule has 0 amide bonds. The molecule has 0 atom stereocenters. The van der Waals surface area contributed by atoms with Crippen molar-refractivity contribution in [2.24, 2.45) is 0 Å². The summed E-state index contributed by atoms with van der Waals surface area (Å²) in [4.78, 5) is 14.0. The van der Waals surface area contributed by atoms with Crippen molar-refractivity contribution in [2.45, 2.75) is 26.3 Å². The minimum Gasteiger partial charge on any atom is -0.367 e. The molecule has 0 N–H and O–H groups in total. The standard InChI is InChI=1S/C18H19NO/c1-2-18(20)15-7-9-17(10-8-15)19-12-11-14-5-3-4-6-16(14)13-19/h3-10H,2,11-13H2,1H3. The van der Waals surface area contributed by atoms with Gasteiger partial charge in [0.1, 0.15) is 0 Å². The van der Waals surface area contributed by atoms with Crippen molar-refractivity contribution in [1.82, 2.24) is 0 Å². The smallest absolute Gasteiger partial charge is 0.162 e. The Kier molecular flexibility index (Phi) is 3.55. The summed E-state index contributed by atoms with van der Waals surface area (Å²) in [6, 6.07) is 16.7. The third kappa shape index (κ3) is 2.46. The van der Waals surface area contributed by atoms with Crippen molar-refractivity contribution in [3.8, 4) is 0 Å². The lowest BCUT2D eigenvalue weighted by Gasteiger charge is -2.30. The number of hydrogen-bond acceptors (Lipinski definition) is 2. The Bertz CT molecular complexity index is 616. The van der Waals surface area contributed by atoms with Gasteiger partial charge in [0, 0.05) is 30.8 Å². The fourth-order valence-electron chi connectivity index (χ4n) is 2.78. The average Bonchev–Trinajstić information content (AvgIpc) is 2.54. The number of ketones is 1. The maximum absolute atomic E-state index is 11.7. The van der Waals surface area contributed by atoms with E-state index in [9.17, 15) is 4.79 Å². The number of carbonyl (C=O) groups is 1. The number of benzene rings is 2. The molecule has 2 aromatic carbocycles. The van der Waals surface area contributed by atoms with E-state index in [1.165, 1.54) is 16.8 Å². The monoisotopic (exact) mass is 265 g/mol. The van der Waals surface area contributed by atoms with Crippen LogP contribution < -0.4 is 4.90 Å². The maximum atomic E-state index is 11.7. The second kappa shape index (κ2) is 5.49. The van der Waals surface area contributed by atoms with Crippen LogP contribution >= 0.6 is 0 Å². The zero-order valence-electron chi connectivity index (χ0n) is 11.8. The second-order valence-corrected chi connectivity index (χ2v) is 5.26. The minimum absolute atomic E-state index is 0.209. The molecule has 2 heteroatoms. The molecule has 0 saturated heterocycles. The van der Waals surface area contributed by atoms with Crippen LogP contribution in [0.4, 0.5) is 5.69 Å². The number of hydrogen-bond donors (Lipinski definition) is 0. The molecule has 0 aliphatic carbocycles. The Balaban J connectivity index is 1.79. The van der Waals surface area contributed by atoms with Gasteiger partial charge in [0.2, 0.25) is 0 Å². The quantitative estimate of drug-likeness (QED) is 0.786. The molecule has 0 radical (unpaired) electrons. The molecule has 0 saturated carbocycles. The Labute approximate surface area is 120 Å². The first-order valence-electron chi connectivity index (χ1n) is 7.23. The van der Waals surface area contributed by atoms with Crippen LogP contribution in [0.2, 0.25) is 0 Å². The van der Waals surface area contributed by atoms with E-state index in [2.05, 4.69) is 41.3 Å². The number of rotatable bonds is 3. The van der Waals surface area contributed by atoms with Crippen LogP contribution in [0.5, 0.6) is 0 Å². The number of fused-ring (bicyclic) bond motifs is 1. The Morgan fingerprint density at radius 2 is 1.75 bits per heavy atom. The van der Waals surface area contributed by atoms with Crippen LogP contribution in [-0.4, -0.2) is 12.3 Å². The zero-order valence-corrected chi connectivity index (χ0v) is 11.8. The molecule has 0 bridgehead atoms. The summed E-state index contributed by atoms with van der Waals surface area (Å²) < 4.78 is 0. The van der Waals surface area contributed by atoms with E-state index >= 15 is 0 Å². The summed E-state index contributed by atoms with van der Waals surface area (Å²) in [5.41, 5.74) is 4.88. The lowest BCUT2D eigenvalue weighted by Crippen LogP contribution is -2.30. The van der Waals surface area contributed by atoms with Crippen molar-refractivity contribution < 1.29 is 4.79 Å². The third-order valence-electron chi connectivity index (χ3n) is 4.01.